The number of fused-ring (bicyclic) bond motifs is 1. The number of hydrogen-bond donors (Lipinski definition) is 1. The summed E-state index contributed by atoms with van der Waals surface area (Å²) in [6.45, 7) is 4.11. The van der Waals surface area contributed by atoms with Crippen LogP contribution >= 0.6 is 11.8 Å². The minimum absolute atomic E-state index is 0.267. The Kier molecular flexibility index (Phi) is 2.94. The summed E-state index contributed by atoms with van der Waals surface area (Å²) in [5.74, 6) is 1.83. The highest BCUT2D eigenvalue weighted by atomic mass is 32.2. The molecule has 0 aromatic heterocycles. The molecule has 0 saturated heterocycles. The predicted octanol–water partition coefficient (Wildman–Crippen LogP) is 2.67. The number of aliphatic hydroxyl groups is 1. The molecule has 3 heteroatoms. The van der Waals surface area contributed by atoms with Crippen molar-refractivity contribution in [2.24, 2.45) is 0 Å². The van der Waals surface area contributed by atoms with E-state index in [0.29, 0.717) is 0 Å². The van der Waals surface area contributed by atoms with Gasteiger partial charge >= 0.3 is 0 Å². The minimum atomic E-state index is -0.367. The van der Waals surface area contributed by atoms with Gasteiger partial charge in [0.05, 0.1) is 13.2 Å². The Balaban J connectivity index is 2.56. The van der Waals surface area contributed by atoms with Crippen molar-refractivity contribution in [3.63, 3.8) is 0 Å². The normalized spacial score (nSPS) is 24.8. The Labute approximate surface area is 94.6 Å². The van der Waals surface area contributed by atoms with Gasteiger partial charge in [-0.15, -0.1) is 0 Å². The van der Waals surface area contributed by atoms with E-state index in [9.17, 15) is 5.11 Å². The molecule has 2 atom stereocenters. The third kappa shape index (κ3) is 1.74. The zero-order valence-corrected chi connectivity index (χ0v) is 10.1. The largest absolute Gasteiger partial charge is 0.496 e. The van der Waals surface area contributed by atoms with Gasteiger partial charge in [0, 0.05) is 16.6 Å². The number of aliphatic hydroxyl groups excluding tert-OH is 1. The summed E-state index contributed by atoms with van der Waals surface area (Å²) in [5, 5.41) is 10.4. The topological polar surface area (TPSA) is 29.5 Å². The highest BCUT2D eigenvalue weighted by molar-refractivity contribution is 7.99. The Hall–Kier alpha value is -0.670. The number of benzene rings is 1. The van der Waals surface area contributed by atoms with Crippen LogP contribution in [0, 0.1) is 6.92 Å². The molecule has 0 bridgehead atoms. The van der Waals surface area contributed by atoms with Crippen molar-refractivity contribution in [1.82, 2.24) is 0 Å². The van der Waals surface area contributed by atoms with Crippen LogP contribution in [0.3, 0.4) is 0 Å². The van der Waals surface area contributed by atoms with E-state index in [2.05, 4.69) is 6.92 Å². The monoisotopic (exact) mass is 224 g/mol. The number of thioether (sulfide) groups is 1. The number of aryl methyl sites for hydroxylation is 1. The van der Waals surface area contributed by atoms with Crippen molar-refractivity contribution >= 4 is 11.8 Å². The molecule has 1 aromatic rings. The SMILES string of the molecule is COc1ccc(C)c2c1CSC(C)C2O. The molecule has 1 heterocycles. The van der Waals surface area contributed by atoms with Crippen molar-refractivity contribution < 1.29 is 9.84 Å². The maximum Gasteiger partial charge on any atom is 0.123 e. The maximum absolute atomic E-state index is 10.2. The number of hydrogen-bond acceptors (Lipinski definition) is 3. The summed E-state index contributed by atoms with van der Waals surface area (Å²) in [6.07, 6.45) is -0.367. The van der Waals surface area contributed by atoms with Gasteiger partial charge in [-0.05, 0) is 24.1 Å². The summed E-state index contributed by atoms with van der Waals surface area (Å²) in [6, 6.07) is 4.00. The Morgan fingerprint density at radius 3 is 2.87 bits per heavy atom. The standard InChI is InChI=1S/C12H16O2S/c1-7-4-5-10(14-3)9-6-15-8(2)12(13)11(7)9/h4-5,8,12-13H,6H2,1-3H3. The lowest BCUT2D eigenvalue weighted by atomic mass is 9.95. The van der Waals surface area contributed by atoms with Crippen LogP contribution in [0.4, 0.5) is 0 Å². The lowest BCUT2D eigenvalue weighted by Gasteiger charge is -2.29. The summed E-state index contributed by atoms with van der Waals surface area (Å²) >= 11 is 1.78. The molecule has 1 aromatic carbocycles. The molecule has 1 aliphatic rings. The Morgan fingerprint density at radius 2 is 2.20 bits per heavy atom. The number of rotatable bonds is 1. The molecule has 82 valence electrons. The fraction of sp³-hybridized carbons (Fsp3) is 0.500. The molecule has 0 amide bonds. The van der Waals surface area contributed by atoms with Crippen LogP contribution in [0.25, 0.3) is 0 Å². The molecule has 15 heavy (non-hydrogen) atoms. The Bertz CT molecular complexity index is 376. The first-order chi connectivity index (χ1) is 7.15. The molecule has 1 aliphatic heterocycles. The zero-order chi connectivity index (χ0) is 11.0. The average Bonchev–Trinajstić information content (AvgIpc) is 2.24. The molecule has 1 N–H and O–H groups in total. The smallest absolute Gasteiger partial charge is 0.123 e. The molecule has 0 fully saturated rings. The lowest BCUT2D eigenvalue weighted by molar-refractivity contribution is 0.175. The van der Waals surface area contributed by atoms with E-state index >= 15 is 0 Å². The summed E-state index contributed by atoms with van der Waals surface area (Å²) in [4.78, 5) is 0. The molecule has 0 saturated carbocycles. The molecule has 0 spiro atoms. The molecular formula is C12H16O2S. The van der Waals surface area contributed by atoms with Gasteiger partial charge in [0.1, 0.15) is 5.75 Å². The van der Waals surface area contributed by atoms with Crippen molar-refractivity contribution in [2.45, 2.75) is 31.0 Å². The van der Waals surface area contributed by atoms with Crippen LogP contribution in [0.1, 0.15) is 29.7 Å². The fourth-order valence-electron chi connectivity index (χ4n) is 2.05. The second-order valence-electron chi connectivity index (χ2n) is 3.94. The average molecular weight is 224 g/mol. The van der Waals surface area contributed by atoms with Gasteiger partial charge in [0.2, 0.25) is 0 Å². The second-order valence-corrected chi connectivity index (χ2v) is 5.30. The van der Waals surface area contributed by atoms with Crippen molar-refractivity contribution in [3.8, 4) is 5.75 Å². The summed E-state index contributed by atoms with van der Waals surface area (Å²) < 4.78 is 5.33. The zero-order valence-electron chi connectivity index (χ0n) is 9.28. The van der Waals surface area contributed by atoms with Gasteiger partial charge in [-0.25, -0.2) is 0 Å². The van der Waals surface area contributed by atoms with Crippen LogP contribution in [0.15, 0.2) is 12.1 Å². The summed E-state index contributed by atoms with van der Waals surface area (Å²) in [5.41, 5.74) is 3.39. The molecule has 2 rings (SSSR count). The maximum atomic E-state index is 10.2. The van der Waals surface area contributed by atoms with Crippen LogP contribution < -0.4 is 4.74 Å². The second kappa shape index (κ2) is 4.06. The fourth-order valence-corrected chi connectivity index (χ4v) is 3.10. The van der Waals surface area contributed by atoms with E-state index in [0.717, 1.165) is 28.2 Å². The van der Waals surface area contributed by atoms with E-state index < -0.39 is 0 Å². The highest BCUT2D eigenvalue weighted by Crippen LogP contribution is 2.42. The number of methoxy groups -OCH3 is 1. The highest BCUT2D eigenvalue weighted by Gasteiger charge is 2.28. The van der Waals surface area contributed by atoms with Gasteiger partial charge in [0.15, 0.2) is 0 Å². The van der Waals surface area contributed by atoms with Crippen molar-refractivity contribution in [2.75, 3.05) is 7.11 Å². The van der Waals surface area contributed by atoms with Gasteiger partial charge in [-0.2, -0.15) is 11.8 Å². The van der Waals surface area contributed by atoms with Crippen LogP contribution in [-0.4, -0.2) is 17.5 Å². The van der Waals surface area contributed by atoms with Crippen molar-refractivity contribution in [1.29, 1.82) is 0 Å². The first-order valence-electron chi connectivity index (χ1n) is 5.11. The first kappa shape index (κ1) is 10.8. The van der Waals surface area contributed by atoms with Gasteiger partial charge in [-0.3, -0.25) is 0 Å². The molecular weight excluding hydrogens is 208 g/mol. The third-order valence-electron chi connectivity index (χ3n) is 2.98. The molecule has 2 unspecified atom stereocenters. The van der Waals surface area contributed by atoms with E-state index in [-0.39, 0.29) is 11.4 Å². The molecule has 2 nitrogen and oxygen atoms in total. The van der Waals surface area contributed by atoms with E-state index in [1.807, 2.05) is 19.1 Å². The van der Waals surface area contributed by atoms with Gasteiger partial charge in [-0.1, -0.05) is 13.0 Å². The quantitative estimate of drug-likeness (QED) is 0.795. The van der Waals surface area contributed by atoms with E-state index in [1.54, 1.807) is 18.9 Å². The van der Waals surface area contributed by atoms with Gasteiger partial charge in [0.25, 0.3) is 0 Å². The Morgan fingerprint density at radius 1 is 1.47 bits per heavy atom. The van der Waals surface area contributed by atoms with E-state index in [4.69, 9.17) is 4.74 Å². The van der Waals surface area contributed by atoms with Gasteiger partial charge < -0.3 is 9.84 Å². The minimum Gasteiger partial charge on any atom is -0.496 e. The predicted molar refractivity (Wildman–Crippen MR) is 63.4 cm³/mol. The first-order valence-corrected chi connectivity index (χ1v) is 6.16. The van der Waals surface area contributed by atoms with Crippen LogP contribution in [0.5, 0.6) is 5.75 Å². The molecule has 0 aliphatic carbocycles. The number of ether oxygens (including phenoxy) is 1. The van der Waals surface area contributed by atoms with E-state index in [1.165, 1.54) is 0 Å². The van der Waals surface area contributed by atoms with Crippen molar-refractivity contribution in [3.05, 3.63) is 28.8 Å². The molecule has 0 radical (unpaired) electrons. The third-order valence-corrected chi connectivity index (χ3v) is 4.22. The lowest BCUT2D eigenvalue weighted by Crippen LogP contribution is -2.20. The van der Waals surface area contributed by atoms with Crippen LogP contribution in [-0.2, 0) is 5.75 Å². The van der Waals surface area contributed by atoms with Crippen LogP contribution in [0.2, 0.25) is 0 Å². The summed E-state index contributed by atoms with van der Waals surface area (Å²) in [7, 11) is 1.68.